The molecule has 29 heavy (non-hydrogen) atoms. The predicted molar refractivity (Wildman–Crippen MR) is 110 cm³/mol. The number of anilines is 1. The molecular formula is C22H26N2O5. The van der Waals surface area contributed by atoms with Gasteiger partial charge in [-0.3, -0.25) is 14.4 Å². The number of methoxy groups -OCH3 is 1. The van der Waals surface area contributed by atoms with Crippen molar-refractivity contribution < 1.29 is 23.9 Å². The van der Waals surface area contributed by atoms with E-state index in [0.717, 1.165) is 12.0 Å². The van der Waals surface area contributed by atoms with E-state index in [-0.39, 0.29) is 24.2 Å². The van der Waals surface area contributed by atoms with Crippen LogP contribution in [-0.2, 0) is 16.1 Å². The molecule has 2 aromatic carbocycles. The largest absolute Gasteiger partial charge is 0.496 e. The zero-order valence-electron chi connectivity index (χ0n) is 16.9. The standard InChI is InChI=1S/C22H26N2O5/c1-4-7-21(26)24-17-10-11-20(18(12-17)15(2)25)29-14-22(27)23-13-16-8-5-6-9-19(16)28-3/h5-6,8-12H,4,7,13-14H2,1-3H3,(H,23,27)(H,24,26). The van der Waals surface area contributed by atoms with Gasteiger partial charge >= 0.3 is 0 Å². The Hall–Kier alpha value is -3.35. The van der Waals surface area contributed by atoms with Crippen LogP contribution in [-0.4, -0.2) is 31.3 Å². The van der Waals surface area contributed by atoms with Crippen molar-refractivity contribution in [1.29, 1.82) is 0 Å². The van der Waals surface area contributed by atoms with Gasteiger partial charge in [-0.15, -0.1) is 0 Å². The van der Waals surface area contributed by atoms with Gasteiger partial charge in [0.1, 0.15) is 11.5 Å². The second-order valence-corrected chi connectivity index (χ2v) is 6.44. The van der Waals surface area contributed by atoms with Gasteiger partial charge in [-0.05, 0) is 37.6 Å². The molecule has 0 aliphatic heterocycles. The second kappa shape index (κ2) is 10.8. The minimum Gasteiger partial charge on any atom is -0.496 e. The number of amides is 2. The van der Waals surface area contributed by atoms with Crippen LogP contribution in [0.1, 0.15) is 42.6 Å². The van der Waals surface area contributed by atoms with Gasteiger partial charge in [-0.25, -0.2) is 0 Å². The molecule has 2 amide bonds. The minimum atomic E-state index is -0.328. The highest BCUT2D eigenvalue weighted by Crippen LogP contribution is 2.24. The average Bonchev–Trinajstić information content (AvgIpc) is 2.71. The fourth-order valence-corrected chi connectivity index (χ4v) is 2.70. The first-order valence-electron chi connectivity index (χ1n) is 9.40. The van der Waals surface area contributed by atoms with Crippen LogP contribution in [0.2, 0.25) is 0 Å². The highest BCUT2D eigenvalue weighted by molar-refractivity contribution is 5.99. The summed E-state index contributed by atoms with van der Waals surface area (Å²) in [5.41, 5.74) is 1.67. The number of para-hydroxylation sites is 1. The molecule has 2 N–H and O–H groups in total. The van der Waals surface area contributed by atoms with Crippen molar-refractivity contribution in [2.45, 2.75) is 33.2 Å². The van der Waals surface area contributed by atoms with Crippen LogP contribution in [0, 0.1) is 0 Å². The Balaban J connectivity index is 1.97. The maximum Gasteiger partial charge on any atom is 0.258 e. The third kappa shape index (κ3) is 6.64. The summed E-state index contributed by atoms with van der Waals surface area (Å²) >= 11 is 0. The van der Waals surface area contributed by atoms with Crippen LogP contribution in [0.15, 0.2) is 42.5 Å². The van der Waals surface area contributed by atoms with Crippen molar-refractivity contribution >= 4 is 23.3 Å². The van der Waals surface area contributed by atoms with E-state index >= 15 is 0 Å². The van der Waals surface area contributed by atoms with Crippen molar-refractivity contribution in [3.05, 3.63) is 53.6 Å². The summed E-state index contributed by atoms with van der Waals surface area (Å²) in [6, 6.07) is 12.2. The van der Waals surface area contributed by atoms with E-state index in [1.807, 2.05) is 31.2 Å². The van der Waals surface area contributed by atoms with E-state index < -0.39 is 0 Å². The molecule has 2 rings (SSSR count). The molecule has 7 heteroatoms. The lowest BCUT2D eigenvalue weighted by atomic mass is 10.1. The number of carbonyl (C=O) groups excluding carboxylic acids is 3. The topological polar surface area (TPSA) is 93.7 Å². The first-order valence-corrected chi connectivity index (χ1v) is 9.40. The van der Waals surface area contributed by atoms with Gasteiger partial charge in [-0.1, -0.05) is 25.1 Å². The monoisotopic (exact) mass is 398 g/mol. The molecule has 154 valence electrons. The summed E-state index contributed by atoms with van der Waals surface area (Å²) in [6.45, 7) is 3.38. The van der Waals surface area contributed by atoms with E-state index in [4.69, 9.17) is 9.47 Å². The summed E-state index contributed by atoms with van der Waals surface area (Å²) in [5.74, 6) is 0.310. The number of ether oxygens (including phenoxy) is 2. The van der Waals surface area contributed by atoms with Gasteiger partial charge in [0.15, 0.2) is 12.4 Å². The Bertz CT molecular complexity index is 879. The quantitative estimate of drug-likeness (QED) is 0.599. The Labute approximate surface area is 170 Å². The summed E-state index contributed by atoms with van der Waals surface area (Å²) in [4.78, 5) is 35.8. The van der Waals surface area contributed by atoms with E-state index in [0.29, 0.717) is 35.7 Å². The van der Waals surface area contributed by atoms with E-state index in [2.05, 4.69) is 10.6 Å². The van der Waals surface area contributed by atoms with Crippen molar-refractivity contribution in [3.63, 3.8) is 0 Å². The number of ketones is 1. The molecule has 0 aliphatic rings. The molecule has 0 aromatic heterocycles. The van der Waals surface area contributed by atoms with Crippen LogP contribution >= 0.6 is 0 Å². The van der Waals surface area contributed by atoms with Crippen molar-refractivity contribution in [2.75, 3.05) is 19.0 Å². The molecule has 0 spiro atoms. The van der Waals surface area contributed by atoms with Crippen LogP contribution in [0.25, 0.3) is 0 Å². The van der Waals surface area contributed by atoms with Crippen molar-refractivity contribution in [1.82, 2.24) is 5.32 Å². The van der Waals surface area contributed by atoms with Crippen LogP contribution in [0.3, 0.4) is 0 Å². The molecule has 0 fully saturated rings. The van der Waals surface area contributed by atoms with Crippen molar-refractivity contribution in [3.8, 4) is 11.5 Å². The van der Waals surface area contributed by atoms with Gasteiger partial charge in [-0.2, -0.15) is 0 Å². The third-order valence-corrected chi connectivity index (χ3v) is 4.15. The Kier molecular flexibility index (Phi) is 8.21. The lowest BCUT2D eigenvalue weighted by Gasteiger charge is -2.13. The average molecular weight is 398 g/mol. The summed E-state index contributed by atoms with van der Waals surface area (Å²) in [7, 11) is 1.57. The highest BCUT2D eigenvalue weighted by atomic mass is 16.5. The first-order chi connectivity index (χ1) is 13.9. The zero-order valence-corrected chi connectivity index (χ0v) is 16.9. The van der Waals surface area contributed by atoms with Gasteiger partial charge < -0.3 is 20.1 Å². The maximum atomic E-state index is 12.1. The first kappa shape index (κ1) is 21.9. The van der Waals surface area contributed by atoms with Gasteiger partial charge in [0.2, 0.25) is 5.91 Å². The summed E-state index contributed by atoms with van der Waals surface area (Å²) in [6.07, 6.45) is 1.14. The number of carbonyl (C=O) groups is 3. The lowest BCUT2D eigenvalue weighted by Crippen LogP contribution is -2.28. The molecule has 0 aliphatic carbocycles. The fraction of sp³-hybridized carbons (Fsp3) is 0.318. The number of hydrogen-bond donors (Lipinski definition) is 2. The Morgan fingerprint density at radius 3 is 2.45 bits per heavy atom. The molecule has 0 saturated heterocycles. The van der Waals surface area contributed by atoms with E-state index in [1.54, 1.807) is 25.3 Å². The molecule has 0 bridgehead atoms. The Morgan fingerprint density at radius 1 is 1.00 bits per heavy atom. The smallest absolute Gasteiger partial charge is 0.258 e. The second-order valence-electron chi connectivity index (χ2n) is 6.44. The molecule has 0 atom stereocenters. The van der Waals surface area contributed by atoms with Gasteiger partial charge in [0.05, 0.1) is 12.7 Å². The SMILES string of the molecule is CCCC(=O)Nc1ccc(OCC(=O)NCc2ccccc2OC)c(C(C)=O)c1. The van der Waals surface area contributed by atoms with Gasteiger partial charge in [0, 0.05) is 24.2 Å². The molecular weight excluding hydrogens is 372 g/mol. The highest BCUT2D eigenvalue weighted by Gasteiger charge is 2.13. The summed E-state index contributed by atoms with van der Waals surface area (Å²) in [5, 5.41) is 5.50. The number of hydrogen-bond acceptors (Lipinski definition) is 5. The van der Waals surface area contributed by atoms with Crippen LogP contribution in [0.4, 0.5) is 5.69 Å². The molecule has 0 radical (unpaired) electrons. The van der Waals surface area contributed by atoms with E-state index in [9.17, 15) is 14.4 Å². The normalized spacial score (nSPS) is 10.2. The molecule has 0 saturated carbocycles. The maximum absolute atomic E-state index is 12.1. The molecule has 0 heterocycles. The number of Topliss-reactive ketones (excluding diaryl/α,β-unsaturated/α-hetero) is 1. The van der Waals surface area contributed by atoms with Crippen LogP contribution < -0.4 is 20.1 Å². The molecule has 7 nitrogen and oxygen atoms in total. The number of rotatable bonds is 10. The fourth-order valence-electron chi connectivity index (χ4n) is 2.70. The molecule has 0 unspecified atom stereocenters. The van der Waals surface area contributed by atoms with Crippen LogP contribution in [0.5, 0.6) is 11.5 Å². The Morgan fingerprint density at radius 2 is 1.76 bits per heavy atom. The van der Waals surface area contributed by atoms with Gasteiger partial charge in [0.25, 0.3) is 5.91 Å². The minimum absolute atomic E-state index is 0.119. The van der Waals surface area contributed by atoms with Crippen molar-refractivity contribution in [2.24, 2.45) is 0 Å². The predicted octanol–water partition coefficient (Wildman–Crippen LogP) is 3.33. The number of benzene rings is 2. The lowest BCUT2D eigenvalue weighted by molar-refractivity contribution is -0.123. The summed E-state index contributed by atoms with van der Waals surface area (Å²) < 4.78 is 10.8. The van der Waals surface area contributed by atoms with E-state index in [1.165, 1.54) is 6.92 Å². The third-order valence-electron chi connectivity index (χ3n) is 4.15. The molecule has 2 aromatic rings. The zero-order chi connectivity index (χ0) is 21.2. The number of nitrogens with one attached hydrogen (secondary N) is 2.